The second-order valence-electron chi connectivity index (χ2n) is 5.39. The summed E-state index contributed by atoms with van der Waals surface area (Å²) in [7, 11) is 0. The third-order valence-corrected chi connectivity index (χ3v) is 4.53. The maximum Gasteiger partial charge on any atom is 0.166 e. The highest BCUT2D eigenvalue weighted by molar-refractivity contribution is 6.33. The number of pyridine rings is 1. The zero-order valence-corrected chi connectivity index (χ0v) is 12.1. The Morgan fingerprint density at radius 2 is 1.80 bits per heavy atom. The van der Waals surface area contributed by atoms with E-state index in [0.29, 0.717) is 36.6 Å². The van der Waals surface area contributed by atoms with Crippen molar-refractivity contribution in [3.05, 3.63) is 23.2 Å². The lowest BCUT2D eigenvalue weighted by atomic mass is 9.73. The summed E-state index contributed by atoms with van der Waals surface area (Å²) in [4.78, 5) is 5.65. The molecule has 112 valence electrons. The zero-order valence-electron chi connectivity index (χ0n) is 11.4. The van der Waals surface area contributed by atoms with E-state index in [0.717, 1.165) is 12.8 Å². The molecule has 1 aromatic rings. The number of hydrogen-bond acceptors (Lipinski definition) is 4. The highest BCUT2D eigenvalue weighted by Crippen LogP contribution is 2.40. The van der Waals surface area contributed by atoms with Crippen molar-refractivity contribution in [1.82, 2.24) is 4.98 Å². The molecule has 0 saturated carbocycles. The van der Waals surface area contributed by atoms with Crippen LogP contribution in [0.3, 0.4) is 0 Å². The second kappa shape index (κ2) is 6.70. The first kappa shape index (κ1) is 15.5. The third-order valence-electron chi connectivity index (χ3n) is 4.25. The van der Waals surface area contributed by atoms with Crippen molar-refractivity contribution in [1.29, 1.82) is 0 Å². The lowest BCUT2D eigenvalue weighted by Gasteiger charge is -2.42. The van der Waals surface area contributed by atoms with Crippen LogP contribution in [0.4, 0.5) is 10.1 Å². The first-order valence-electron chi connectivity index (χ1n) is 6.87. The molecule has 0 radical (unpaired) electrons. The SMILES string of the molecule is OCCC1(CCO)CCN(c2c(F)cncc2Cl)CC1. The van der Waals surface area contributed by atoms with Crippen molar-refractivity contribution in [2.24, 2.45) is 5.41 Å². The molecule has 0 atom stereocenters. The molecule has 0 unspecified atom stereocenters. The molecule has 0 bridgehead atoms. The van der Waals surface area contributed by atoms with Crippen LogP contribution in [0.15, 0.2) is 12.4 Å². The molecular formula is C14H20ClFN2O2. The molecule has 1 aliphatic rings. The van der Waals surface area contributed by atoms with Crippen molar-refractivity contribution in [2.75, 3.05) is 31.2 Å². The van der Waals surface area contributed by atoms with Gasteiger partial charge in [0.15, 0.2) is 5.82 Å². The molecule has 4 nitrogen and oxygen atoms in total. The van der Waals surface area contributed by atoms with E-state index in [9.17, 15) is 14.6 Å². The number of anilines is 1. The smallest absolute Gasteiger partial charge is 0.166 e. The normalized spacial score (nSPS) is 18.3. The van der Waals surface area contributed by atoms with Crippen molar-refractivity contribution in [3.8, 4) is 0 Å². The fraction of sp³-hybridized carbons (Fsp3) is 0.643. The summed E-state index contributed by atoms with van der Waals surface area (Å²) in [5.74, 6) is -0.408. The van der Waals surface area contributed by atoms with Gasteiger partial charge < -0.3 is 15.1 Å². The van der Waals surface area contributed by atoms with Crippen LogP contribution in [0.1, 0.15) is 25.7 Å². The van der Waals surface area contributed by atoms with E-state index in [1.165, 1.54) is 12.4 Å². The molecule has 2 rings (SSSR count). The van der Waals surface area contributed by atoms with E-state index in [4.69, 9.17) is 11.6 Å². The molecule has 6 heteroatoms. The molecule has 0 amide bonds. The minimum Gasteiger partial charge on any atom is -0.396 e. The van der Waals surface area contributed by atoms with Crippen LogP contribution in [0.25, 0.3) is 0 Å². The largest absolute Gasteiger partial charge is 0.396 e. The van der Waals surface area contributed by atoms with Gasteiger partial charge in [-0.2, -0.15) is 0 Å². The van der Waals surface area contributed by atoms with Gasteiger partial charge in [-0.05, 0) is 31.1 Å². The van der Waals surface area contributed by atoms with Crippen LogP contribution in [0, 0.1) is 11.2 Å². The van der Waals surface area contributed by atoms with E-state index in [1.54, 1.807) is 0 Å². The minimum absolute atomic E-state index is 0.0457. The van der Waals surface area contributed by atoms with Crippen molar-refractivity contribution in [3.63, 3.8) is 0 Å². The highest BCUT2D eigenvalue weighted by Gasteiger charge is 2.34. The Bertz CT molecular complexity index is 423. The Morgan fingerprint density at radius 1 is 1.20 bits per heavy atom. The molecule has 0 spiro atoms. The van der Waals surface area contributed by atoms with E-state index >= 15 is 0 Å². The summed E-state index contributed by atoms with van der Waals surface area (Å²) in [6.45, 7) is 1.57. The Balaban J connectivity index is 2.10. The summed E-state index contributed by atoms with van der Waals surface area (Å²) in [6.07, 6.45) is 5.59. The molecule has 1 aromatic heterocycles. The van der Waals surface area contributed by atoms with Crippen molar-refractivity contribution < 1.29 is 14.6 Å². The molecule has 1 aliphatic heterocycles. The summed E-state index contributed by atoms with van der Waals surface area (Å²) in [6, 6.07) is 0. The van der Waals surface area contributed by atoms with E-state index in [1.807, 2.05) is 4.90 Å². The zero-order chi connectivity index (χ0) is 14.6. The molecule has 2 N–H and O–H groups in total. The summed E-state index contributed by atoms with van der Waals surface area (Å²) < 4.78 is 13.9. The van der Waals surface area contributed by atoms with Crippen LogP contribution in [0.5, 0.6) is 0 Å². The summed E-state index contributed by atoms with van der Waals surface area (Å²) >= 11 is 6.03. The van der Waals surface area contributed by atoms with Gasteiger partial charge in [-0.25, -0.2) is 4.39 Å². The minimum atomic E-state index is -0.408. The average Bonchev–Trinajstić information content (AvgIpc) is 2.41. The number of aliphatic hydroxyl groups is 2. The molecule has 2 heterocycles. The van der Waals surface area contributed by atoms with Gasteiger partial charge in [0.05, 0.1) is 16.9 Å². The van der Waals surface area contributed by atoms with E-state index < -0.39 is 5.82 Å². The van der Waals surface area contributed by atoms with E-state index in [-0.39, 0.29) is 18.6 Å². The Labute approximate surface area is 123 Å². The number of aromatic nitrogens is 1. The molecular weight excluding hydrogens is 283 g/mol. The third kappa shape index (κ3) is 3.22. The topological polar surface area (TPSA) is 56.6 Å². The maximum absolute atomic E-state index is 13.9. The number of nitrogens with zero attached hydrogens (tertiary/aromatic N) is 2. The number of aliphatic hydroxyl groups excluding tert-OH is 2. The number of hydrogen-bond donors (Lipinski definition) is 2. The van der Waals surface area contributed by atoms with Crippen LogP contribution >= 0.6 is 11.6 Å². The quantitative estimate of drug-likeness (QED) is 0.876. The molecule has 0 aliphatic carbocycles. The number of rotatable bonds is 5. The predicted octanol–water partition coefficient (Wildman–Crippen LogP) is 2.23. The average molecular weight is 303 g/mol. The van der Waals surface area contributed by atoms with Crippen LogP contribution in [-0.4, -0.2) is 41.5 Å². The summed E-state index contributed by atoms with van der Waals surface area (Å²) in [5.41, 5.74) is 0.360. The van der Waals surface area contributed by atoms with Gasteiger partial charge in [-0.3, -0.25) is 4.98 Å². The van der Waals surface area contributed by atoms with Gasteiger partial charge in [-0.15, -0.1) is 0 Å². The Morgan fingerprint density at radius 3 is 2.30 bits per heavy atom. The highest BCUT2D eigenvalue weighted by atomic mass is 35.5. The first-order valence-corrected chi connectivity index (χ1v) is 7.25. The van der Waals surface area contributed by atoms with Gasteiger partial charge in [0.1, 0.15) is 0 Å². The Kier molecular flexibility index (Phi) is 5.18. The monoisotopic (exact) mass is 302 g/mol. The number of piperidine rings is 1. The fourth-order valence-corrected chi connectivity index (χ4v) is 3.28. The lowest BCUT2D eigenvalue weighted by molar-refractivity contribution is 0.106. The molecule has 0 aromatic carbocycles. The Hall–Kier alpha value is -0.910. The van der Waals surface area contributed by atoms with Gasteiger partial charge in [0.25, 0.3) is 0 Å². The lowest BCUT2D eigenvalue weighted by Crippen LogP contribution is -2.41. The van der Waals surface area contributed by atoms with Gasteiger partial charge >= 0.3 is 0 Å². The van der Waals surface area contributed by atoms with Gasteiger partial charge in [0.2, 0.25) is 0 Å². The standard InChI is InChI=1S/C14H20ClFN2O2/c15-11-9-17-10-12(16)13(11)18-5-1-14(2-6-18,3-7-19)4-8-20/h9-10,19-20H,1-8H2. The maximum atomic E-state index is 13.9. The first-order chi connectivity index (χ1) is 9.62. The van der Waals surface area contributed by atoms with Crippen LogP contribution in [0.2, 0.25) is 5.02 Å². The second-order valence-corrected chi connectivity index (χ2v) is 5.79. The van der Waals surface area contributed by atoms with Gasteiger partial charge in [0, 0.05) is 32.5 Å². The molecule has 1 fully saturated rings. The fourth-order valence-electron chi connectivity index (χ4n) is 3.01. The van der Waals surface area contributed by atoms with Gasteiger partial charge in [-0.1, -0.05) is 11.6 Å². The predicted molar refractivity (Wildman–Crippen MR) is 76.5 cm³/mol. The van der Waals surface area contributed by atoms with Crippen molar-refractivity contribution in [2.45, 2.75) is 25.7 Å². The van der Waals surface area contributed by atoms with E-state index in [2.05, 4.69) is 4.98 Å². The van der Waals surface area contributed by atoms with Crippen LogP contribution < -0.4 is 4.90 Å². The molecule has 20 heavy (non-hydrogen) atoms. The van der Waals surface area contributed by atoms with Crippen LogP contribution in [-0.2, 0) is 0 Å². The molecule has 1 saturated heterocycles. The van der Waals surface area contributed by atoms with Crippen molar-refractivity contribution >= 4 is 17.3 Å². The number of halogens is 2. The summed E-state index contributed by atoms with van der Waals surface area (Å²) in [5, 5.41) is 18.7.